The van der Waals surface area contributed by atoms with E-state index in [2.05, 4.69) is 30.8 Å². The van der Waals surface area contributed by atoms with Crippen LogP contribution in [0.1, 0.15) is 20.1 Å². The fraction of sp³-hybridized carbons (Fsp3) is 0.435. The molecule has 3 aromatic rings. The highest BCUT2D eigenvalue weighted by molar-refractivity contribution is 7.52. The van der Waals surface area contributed by atoms with Crippen LogP contribution in [-0.4, -0.2) is 69.7 Å². The number of aliphatic hydroxyl groups excluding tert-OH is 1. The van der Waals surface area contributed by atoms with Crippen LogP contribution in [0.3, 0.4) is 0 Å². The topological polar surface area (TPSA) is 206 Å². The number of benzene rings is 1. The predicted molar refractivity (Wildman–Crippen MR) is 140 cm³/mol. The van der Waals surface area contributed by atoms with Crippen molar-refractivity contribution >= 4 is 42.4 Å². The number of fused-ring (bicyclic) bond motifs is 1. The second kappa shape index (κ2) is 11.5. The maximum atomic E-state index is 13.7. The fourth-order valence-corrected chi connectivity index (χ4v) is 5.73. The summed E-state index contributed by atoms with van der Waals surface area (Å²) in [5.74, 6) is -0.582. The van der Waals surface area contributed by atoms with Gasteiger partial charge in [0.15, 0.2) is 17.4 Å². The summed E-state index contributed by atoms with van der Waals surface area (Å²) in [6.07, 6.45) is -2.37. The van der Waals surface area contributed by atoms with Gasteiger partial charge in [-0.3, -0.25) is 13.9 Å². The highest BCUT2D eigenvalue weighted by atomic mass is 35.5. The van der Waals surface area contributed by atoms with Crippen molar-refractivity contribution in [1.82, 2.24) is 24.6 Å². The normalized spacial score (nSPS) is 24.7. The lowest BCUT2D eigenvalue weighted by molar-refractivity contribution is -0.142. The number of hydrogen-bond acceptors (Lipinski definition) is 13. The van der Waals surface area contributed by atoms with E-state index in [9.17, 15) is 19.7 Å². The molecule has 1 aromatic carbocycles. The summed E-state index contributed by atoms with van der Waals surface area (Å²) in [5, 5.41) is 24.1. The molecule has 4 rings (SSSR count). The predicted octanol–water partition coefficient (Wildman–Crippen LogP) is 2.21. The number of nitrogens with zero attached hydrogens (tertiary/aromatic N) is 5. The van der Waals surface area contributed by atoms with Crippen molar-refractivity contribution in [3.8, 4) is 17.7 Å². The van der Waals surface area contributed by atoms with Crippen molar-refractivity contribution < 1.29 is 37.7 Å². The Morgan fingerprint density at radius 3 is 2.70 bits per heavy atom. The molecule has 0 aliphatic carbocycles. The summed E-state index contributed by atoms with van der Waals surface area (Å²) in [4.78, 5) is 24.4. The number of ether oxygens (including phenoxy) is 3. The Bertz CT molecular complexity index is 1480. The van der Waals surface area contributed by atoms with E-state index in [1.165, 1.54) is 63.2 Å². The molecule has 0 saturated carbocycles. The standard InChI is InChI=1S/C23H27ClN7O8P/c1-12(20(33)36-4)30-40(34,39-14-7-5-13(24)6-8-14)37-9-15-17(32)23(2,10-25)21(38-15)31-11-27-16-18(31)28-22(26)29-19(16)35-3/h5-8,11-12,15,17,21,32H,9H2,1-4H3,(H,30,34)(H2,26,28,29)/t12-,15+,17+,21+,23+,40?/m0/s1. The van der Waals surface area contributed by atoms with Gasteiger partial charge in [0, 0.05) is 5.02 Å². The Hall–Kier alpha value is -3.51. The number of rotatable bonds is 10. The lowest BCUT2D eigenvalue weighted by Crippen LogP contribution is -2.38. The average molecular weight is 596 g/mol. The lowest BCUT2D eigenvalue weighted by atomic mass is 9.84. The third-order valence-electron chi connectivity index (χ3n) is 6.23. The first kappa shape index (κ1) is 29.5. The van der Waals surface area contributed by atoms with E-state index in [0.717, 1.165) is 0 Å². The third-order valence-corrected chi connectivity index (χ3v) is 8.13. The van der Waals surface area contributed by atoms with Crippen LogP contribution >= 0.6 is 19.3 Å². The highest BCUT2D eigenvalue weighted by Crippen LogP contribution is 2.49. The zero-order valence-corrected chi connectivity index (χ0v) is 23.5. The Kier molecular flexibility index (Phi) is 8.50. The number of nitrogens with one attached hydrogen (secondary N) is 1. The quantitative estimate of drug-likeness (QED) is 0.227. The van der Waals surface area contributed by atoms with Crippen LogP contribution < -0.4 is 20.1 Å². The number of nitrogen functional groups attached to an aromatic ring is 1. The van der Waals surface area contributed by atoms with Crippen LogP contribution in [0, 0.1) is 16.7 Å². The van der Waals surface area contributed by atoms with Gasteiger partial charge in [0.1, 0.15) is 29.4 Å². The summed E-state index contributed by atoms with van der Waals surface area (Å²) < 4.78 is 42.3. The number of anilines is 1. The van der Waals surface area contributed by atoms with Crippen molar-refractivity contribution in [2.75, 3.05) is 26.6 Å². The van der Waals surface area contributed by atoms with E-state index in [0.29, 0.717) is 5.02 Å². The van der Waals surface area contributed by atoms with E-state index in [-0.39, 0.29) is 28.7 Å². The molecule has 2 aromatic heterocycles. The molecular formula is C23H27ClN7O8P. The molecule has 4 N–H and O–H groups in total. The van der Waals surface area contributed by atoms with Gasteiger partial charge in [0.05, 0.1) is 33.2 Å². The third kappa shape index (κ3) is 5.68. The van der Waals surface area contributed by atoms with Gasteiger partial charge < -0.3 is 29.6 Å². The molecule has 0 bridgehead atoms. The van der Waals surface area contributed by atoms with Gasteiger partial charge in [0.2, 0.25) is 11.8 Å². The first-order valence-corrected chi connectivity index (χ1v) is 13.7. The number of carbonyl (C=O) groups excluding carboxylic acids is 1. The average Bonchev–Trinajstić information content (AvgIpc) is 3.46. The van der Waals surface area contributed by atoms with Crippen LogP contribution in [0.5, 0.6) is 11.6 Å². The molecule has 0 radical (unpaired) electrons. The van der Waals surface area contributed by atoms with Crippen LogP contribution in [0.4, 0.5) is 5.95 Å². The second-order valence-corrected chi connectivity index (χ2v) is 11.1. The molecule has 1 fully saturated rings. The molecule has 0 spiro atoms. The van der Waals surface area contributed by atoms with Crippen molar-refractivity contribution in [2.24, 2.45) is 5.41 Å². The van der Waals surface area contributed by atoms with Gasteiger partial charge in [-0.25, -0.2) is 9.55 Å². The van der Waals surface area contributed by atoms with Gasteiger partial charge in [-0.05, 0) is 38.1 Å². The number of nitriles is 1. The van der Waals surface area contributed by atoms with E-state index in [4.69, 9.17) is 35.9 Å². The number of esters is 1. The number of imidazole rings is 1. The lowest BCUT2D eigenvalue weighted by Gasteiger charge is -2.26. The van der Waals surface area contributed by atoms with E-state index >= 15 is 0 Å². The first-order valence-electron chi connectivity index (χ1n) is 11.8. The van der Waals surface area contributed by atoms with E-state index < -0.39 is 50.2 Å². The van der Waals surface area contributed by atoms with Crippen molar-refractivity contribution in [3.05, 3.63) is 35.6 Å². The Labute approximate surface area is 233 Å². The van der Waals surface area contributed by atoms with Crippen LogP contribution in [0.2, 0.25) is 5.02 Å². The van der Waals surface area contributed by atoms with Crippen LogP contribution in [-0.2, 0) is 23.4 Å². The number of aromatic nitrogens is 4. The number of halogens is 1. The number of carbonyl (C=O) groups is 1. The Balaban J connectivity index is 1.61. The molecule has 0 amide bonds. The van der Waals surface area contributed by atoms with Crippen molar-refractivity contribution in [3.63, 3.8) is 0 Å². The Morgan fingerprint density at radius 2 is 2.08 bits per heavy atom. The molecule has 1 unspecified atom stereocenters. The van der Waals surface area contributed by atoms with Crippen molar-refractivity contribution in [1.29, 1.82) is 5.26 Å². The fourth-order valence-electron chi connectivity index (χ4n) is 4.10. The molecule has 1 aliphatic heterocycles. The minimum atomic E-state index is -4.29. The zero-order valence-electron chi connectivity index (χ0n) is 21.8. The summed E-state index contributed by atoms with van der Waals surface area (Å²) in [6.45, 7) is 2.38. The summed E-state index contributed by atoms with van der Waals surface area (Å²) in [6, 6.07) is 6.94. The van der Waals surface area contributed by atoms with E-state index in [1.54, 1.807) is 0 Å². The molecule has 40 heavy (non-hydrogen) atoms. The van der Waals surface area contributed by atoms with Gasteiger partial charge in [-0.2, -0.15) is 20.3 Å². The van der Waals surface area contributed by atoms with Gasteiger partial charge >= 0.3 is 13.7 Å². The molecule has 1 aliphatic rings. The zero-order chi connectivity index (χ0) is 29.2. The highest BCUT2D eigenvalue weighted by Gasteiger charge is 2.55. The maximum absolute atomic E-state index is 13.7. The van der Waals surface area contributed by atoms with Crippen LogP contribution in [0.15, 0.2) is 30.6 Å². The van der Waals surface area contributed by atoms with E-state index in [1.807, 2.05) is 0 Å². The van der Waals surface area contributed by atoms with Gasteiger partial charge in [-0.1, -0.05) is 11.6 Å². The monoisotopic (exact) mass is 595 g/mol. The number of hydrogen-bond donors (Lipinski definition) is 3. The number of aliphatic hydroxyl groups is 1. The molecule has 3 heterocycles. The summed E-state index contributed by atoms with van der Waals surface area (Å²) in [5.41, 5.74) is 4.73. The van der Waals surface area contributed by atoms with Crippen molar-refractivity contribution in [2.45, 2.75) is 38.3 Å². The summed E-state index contributed by atoms with van der Waals surface area (Å²) >= 11 is 5.92. The van der Waals surface area contributed by atoms with Gasteiger partial charge in [-0.15, -0.1) is 0 Å². The summed E-state index contributed by atoms with van der Waals surface area (Å²) in [7, 11) is -1.72. The SMILES string of the molecule is COC(=O)[C@H](C)NP(=O)(OC[C@H]1O[C@@H](n2cnc3c(OC)nc(N)nc32)[C@](C)(C#N)[C@@H]1O)Oc1ccc(Cl)cc1. The first-order chi connectivity index (χ1) is 18.9. The smallest absolute Gasteiger partial charge is 0.459 e. The maximum Gasteiger partial charge on any atom is 0.459 e. The number of methoxy groups -OCH3 is 2. The van der Waals surface area contributed by atoms with Crippen LogP contribution in [0.25, 0.3) is 11.2 Å². The number of nitrogens with two attached hydrogens (primary N) is 1. The minimum absolute atomic E-state index is 0.103. The molecule has 214 valence electrons. The largest absolute Gasteiger partial charge is 0.479 e. The molecule has 15 nitrogen and oxygen atoms in total. The molecule has 1 saturated heterocycles. The second-order valence-electron chi connectivity index (χ2n) is 8.99. The molecular weight excluding hydrogens is 569 g/mol. The molecule has 6 atom stereocenters. The minimum Gasteiger partial charge on any atom is -0.479 e. The Morgan fingerprint density at radius 1 is 1.38 bits per heavy atom. The van der Waals surface area contributed by atoms with Gasteiger partial charge in [0.25, 0.3) is 0 Å². The molecule has 17 heteroatoms.